The van der Waals surface area contributed by atoms with Crippen LogP contribution in [-0.4, -0.2) is 35.4 Å². The van der Waals surface area contributed by atoms with Gasteiger partial charge in [-0.15, -0.1) is 0 Å². The Hall–Kier alpha value is -2.24. The number of ether oxygens (including phenoxy) is 2. The molecule has 0 spiro atoms. The molecular weight excluding hydrogens is 372 g/mol. The molecule has 1 unspecified atom stereocenters. The van der Waals surface area contributed by atoms with E-state index in [2.05, 4.69) is 6.92 Å². The third-order valence-corrected chi connectivity index (χ3v) is 5.03. The van der Waals surface area contributed by atoms with Crippen LogP contribution in [0.4, 0.5) is 0 Å². The molecule has 0 heterocycles. The summed E-state index contributed by atoms with van der Waals surface area (Å²) in [6, 6.07) is 2.85. The normalized spacial score (nSPS) is 11.8. The summed E-state index contributed by atoms with van der Waals surface area (Å²) in [5, 5.41) is 19.5. The van der Waals surface area contributed by atoms with Crippen LogP contribution in [0.25, 0.3) is 0 Å². The van der Waals surface area contributed by atoms with E-state index in [1.165, 1.54) is 58.6 Å². The predicted octanol–water partition coefficient (Wildman–Crippen LogP) is 5.49. The van der Waals surface area contributed by atoms with Gasteiger partial charge in [-0.2, -0.15) is 0 Å². The van der Waals surface area contributed by atoms with Crippen LogP contribution in [-0.2, 0) is 16.0 Å². The first-order valence-corrected chi connectivity index (χ1v) is 10.7. The van der Waals surface area contributed by atoms with Crippen molar-refractivity contribution in [1.29, 1.82) is 0 Å². The number of unbranched alkanes of at least 4 members (excludes halogenated alkanes) is 8. The van der Waals surface area contributed by atoms with Crippen LogP contribution in [0.1, 0.15) is 94.0 Å². The number of methoxy groups -OCH3 is 1. The van der Waals surface area contributed by atoms with Gasteiger partial charge in [0.25, 0.3) is 0 Å². The van der Waals surface area contributed by atoms with Crippen molar-refractivity contribution >= 4 is 11.9 Å². The van der Waals surface area contributed by atoms with Gasteiger partial charge in [0.2, 0.25) is 0 Å². The zero-order valence-corrected chi connectivity index (χ0v) is 18.0. The summed E-state index contributed by atoms with van der Waals surface area (Å²) in [5.41, 5.74) is 0.228. The molecule has 1 aromatic carbocycles. The van der Waals surface area contributed by atoms with Gasteiger partial charge in [-0.1, -0.05) is 58.3 Å². The van der Waals surface area contributed by atoms with E-state index in [-0.39, 0.29) is 17.7 Å². The summed E-state index contributed by atoms with van der Waals surface area (Å²) < 4.78 is 10.6. The van der Waals surface area contributed by atoms with Gasteiger partial charge in [0.05, 0.1) is 7.11 Å². The van der Waals surface area contributed by atoms with Gasteiger partial charge in [-0.3, -0.25) is 4.79 Å². The minimum atomic E-state index is -1.22. The minimum absolute atomic E-state index is 0.171. The average molecular weight is 409 g/mol. The van der Waals surface area contributed by atoms with Crippen molar-refractivity contribution < 1.29 is 29.3 Å². The highest BCUT2D eigenvalue weighted by Crippen LogP contribution is 2.30. The van der Waals surface area contributed by atoms with Crippen LogP contribution in [0.5, 0.6) is 11.5 Å². The number of carbonyl (C=O) groups is 2. The molecule has 2 N–H and O–H groups in total. The van der Waals surface area contributed by atoms with Crippen molar-refractivity contribution in [3.05, 3.63) is 23.3 Å². The minimum Gasteiger partial charge on any atom is -0.507 e. The maximum absolute atomic E-state index is 11.6. The van der Waals surface area contributed by atoms with Crippen molar-refractivity contribution in [2.45, 2.75) is 90.6 Å². The number of aromatic hydroxyl groups is 1. The number of hydrogen-bond acceptors (Lipinski definition) is 5. The molecule has 164 valence electrons. The van der Waals surface area contributed by atoms with Gasteiger partial charge < -0.3 is 19.7 Å². The van der Waals surface area contributed by atoms with Crippen LogP contribution < -0.4 is 4.74 Å². The maximum atomic E-state index is 11.6. The summed E-state index contributed by atoms with van der Waals surface area (Å²) in [5.74, 6) is -1.59. The lowest BCUT2D eigenvalue weighted by Gasteiger charge is -2.19. The lowest BCUT2D eigenvalue weighted by Crippen LogP contribution is -2.20. The second-order valence-electron chi connectivity index (χ2n) is 7.54. The predicted molar refractivity (Wildman–Crippen MR) is 113 cm³/mol. The second kappa shape index (κ2) is 13.9. The molecule has 0 saturated carbocycles. The molecule has 6 nitrogen and oxygen atoms in total. The van der Waals surface area contributed by atoms with Crippen LogP contribution in [0, 0.1) is 0 Å². The fourth-order valence-electron chi connectivity index (χ4n) is 3.55. The van der Waals surface area contributed by atoms with E-state index < -0.39 is 18.0 Å². The number of phenols is 1. The number of carbonyl (C=O) groups excluding carboxylic acids is 1. The number of carboxylic acid groups (broad SMARTS) is 1. The number of benzene rings is 1. The zero-order chi connectivity index (χ0) is 21.6. The molecule has 0 radical (unpaired) electrons. The standard InChI is InChI=1S/C23H36O6/c1-4-5-6-7-8-9-10-11-12-13-19(29-17(2)24)14-18-15-20(28-3)16-21(25)22(18)23(26)27/h15-16,19,25H,4-14H2,1-3H3,(H,26,27). The van der Waals surface area contributed by atoms with Crippen LogP contribution in [0.2, 0.25) is 0 Å². The van der Waals surface area contributed by atoms with Crippen LogP contribution >= 0.6 is 0 Å². The topological polar surface area (TPSA) is 93.1 Å². The van der Waals surface area contributed by atoms with Crippen molar-refractivity contribution in [2.24, 2.45) is 0 Å². The van der Waals surface area contributed by atoms with Crippen molar-refractivity contribution in [1.82, 2.24) is 0 Å². The van der Waals surface area contributed by atoms with Crippen molar-refractivity contribution in [3.8, 4) is 11.5 Å². The van der Waals surface area contributed by atoms with Crippen molar-refractivity contribution in [3.63, 3.8) is 0 Å². The summed E-state index contributed by atoms with van der Waals surface area (Å²) in [6.07, 6.45) is 11.2. The first-order valence-electron chi connectivity index (χ1n) is 10.7. The second-order valence-corrected chi connectivity index (χ2v) is 7.54. The Morgan fingerprint density at radius 1 is 1.00 bits per heavy atom. The van der Waals surface area contributed by atoms with E-state index in [1.807, 2.05) is 0 Å². The number of rotatable bonds is 15. The highest BCUT2D eigenvalue weighted by molar-refractivity contribution is 5.93. The Bertz CT molecular complexity index is 641. The molecule has 0 aliphatic heterocycles. The Balaban J connectivity index is 2.62. The van der Waals surface area contributed by atoms with Gasteiger partial charge in [-0.05, 0) is 24.5 Å². The highest BCUT2D eigenvalue weighted by atomic mass is 16.5. The molecule has 0 saturated heterocycles. The zero-order valence-electron chi connectivity index (χ0n) is 18.0. The van der Waals surface area contributed by atoms with E-state index in [1.54, 1.807) is 6.07 Å². The summed E-state index contributed by atoms with van der Waals surface area (Å²) in [6.45, 7) is 3.57. The Labute approximate surface area is 174 Å². The molecule has 0 amide bonds. The third kappa shape index (κ3) is 9.68. The smallest absolute Gasteiger partial charge is 0.339 e. The molecule has 0 aliphatic carbocycles. The van der Waals surface area contributed by atoms with Gasteiger partial charge in [0, 0.05) is 19.4 Å². The van der Waals surface area contributed by atoms with E-state index in [0.29, 0.717) is 17.7 Å². The van der Waals surface area contributed by atoms with Gasteiger partial charge in [0.15, 0.2) is 0 Å². The Morgan fingerprint density at radius 3 is 2.10 bits per heavy atom. The first kappa shape index (κ1) is 24.8. The third-order valence-electron chi connectivity index (χ3n) is 5.03. The molecular formula is C23H36O6. The number of esters is 1. The first-order chi connectivity index (χ1) is 13.9. The summed E-state index contributed by atoms with van der Waals surface area (Å²) in [4.78, 5) is 23.1. The van der Waals surface area contributed by atoms with E-state index in [0.717, 1.165) is 19.3 Å². The van der Waals surface area contributed by atoms with E-state index in [9.17, 15) is 19.8 Å². The lowest BCUT2D eigenvalue weighted by atomic mass is 9.97. The summed E-state index contributed by atoms with van der Waals surface area (Å²) >= 11 is 0. The molecule has 0 fully saturated rings. The lowest BCUT2D eigenvalue weighted by molar-refractivity contribution is -0.146. The fraction of sp³-hybridized carbons (Fsp3) is 0.652. The molecule has 29 heavy (non-hydrogen) atoms. The van der Waals surface area contributed by atoms with Gasteiger partial charge >= 0.3 is 11.9 Å². The average Bonchev–Trinajstić information content (AvgIpc) is 2.65. The van der Waals surface area contributed by atoms with Gasteiger partial charge in [0.1, 0.15) is 23.2 Å². The summed E-state index contributed by atoms with van der Waals surface area (Å²) in [7, 11) is 1.45. The van der Waals surface area contributed by atoms with Gasteiger partial charge in [-0.25, -0.2) is 4.79 Å². The Kier molecular flexibility index (Phi) is 11.8. The molecule has 1 atom stereocenters. The number of hydrogen-bond donors (Lipinski definition) is 2. The molecule has 0 bridgehead atoms. The monoisotopic (exact) mass is 408 g/mol. The highest BCUT2D eigenvalue weighted by Gasteiger charge is 2.22. The number of carboxylic acids is 1. The largest absolute Gasteiger partial charge is 0.507 e. The Morgan fingerprint density at radius 2 is 1.59 bits per heavy atom. The SMILES string of the molecule is CCCCCCCCCCCC(Cc1cc(OC)cc(O)c1C(=O)O)OC(C)=O. The van der Waals surface area contributed by atoms with E-state index >= 15 is 0 Å². The fourth-order valence-corrected chi connectivity index (χ4v) is 3.55. The molecule has 6 heteroatoms. The quantitative estimate of drug-likeness (QED) is 0.294. The van der Waals surface area contributed by atoms with Crippen LogP contribution in [0.3, 0.4) is 0 Å². The molecule has 0 aliphatic rings. The van der Waals surface area contributed by atoms with E-state index in [4.69, 9.17) is 9.47 Å². The molecule has 1 rings (SSSR count). The maximum Gasteiger partial charge on any atom is 0.339 e. The molecule has 1 aromatic rings. The van der Waals surface area contributed by atoms with Crippen LogP contribution in [0.15, 0.2) is 12.1 Å². The number of aromatic carboxylic acids is 1. The molecule has 0 aromatic heterocycles. The van der Waals surface area contributed by atoms with Crippen molar-refractivity contribution in [2.75, 3.05) is 7.11 Å².